The zero-order chi connectivity index (χ0) is 27.7. The van der Waals surface area contributed by atoms with Crippen LogP contribution < -0.4 is 26.5 Å². The molecule has 2 aliphatic heterocycles. The van der Waals surface area contributed by atoms with E-state index in [1.54, 1.807) is 0 Å². The van der Waals surface area contributed by atoms with Crippen molar-refractivity contribution in [2.24, 2.45) is 23.7 Å². The molecule has 3 aromatic rings. The van der Waals surface area contributed by atoms with Crippen LogP contribution >= 0.6 is 0 Å². The standard InChI is InChI=1S/C37H43N2O2.BrH/c38-26-37(30-12-6-2-7-13-30,31-14-8-3-9-15-31)20-18-32-33-24-39(25-34(32)33,23-29-10-4-1-5-11-29)21-19-28-16-17-35-36(22-28)41-27-40-35;/h1-2,4-7,10-13,16-17,22,31-34H,3,8-9,14-15,18-21,23-25,27H2;1H/q+1;/p-1. The van der Waals surface area contributed by atoms with Crippen molar-refractivity contribution in [1.82, 2.24) is 0 Å². The number of quaternary nitrogens is 1. The maximum Gasteiger partial charge on any atom is 0.231 e. The molecule has 4 aliphatic rings. The smallest absolute Gasteiger partial charge is 0.231 e. The zero-order valence-corrected chi connectivity index (χ0v) is 26.2. The van der Waals surface area contributed by atoms with E-state index in [0.29, 0.717) is 12.7 Å². The van der Waals surface area contributed by atoms with E-state index in [9.17, 15) is 5.26 Å². The molecule has 0 N–H and O–H groups in total. The van der Waals surface area contributed by atoms with E-state index in [1.165, 1.54) is 72.8 Å². The summed E-state index contributed by atoms with van der Waals surface area (Å²) < 4.78 is 12.4. The molecule has 5 heteroatoms. The summed E-state index contributed by atoms with van der Waals surface area (Å²) in [6, 6.07) is 31.3. The Morgan fingerprint density at radius 2 is 1.50 bits per heavy atom. The Hall–Kier alpha value is -2.81. The van der Waals surface area contributed by atoms with Crippen molar-refractivity contribution in [2.75, 3.05) is 26.4 Å². The normalized spacial score (nSPS) is 27.4. The largest absolute Gasteiger partial charge is 1.00 e. The van der Waals surface area contributed by atoms with Gasteiger partial charge in [-0.15, -0.1) is 0 Å². The highest BCUT2D eigenvalue weighted by Crippen LogP contribution is 2.58. The van der Waals surface area contributed by atoms with E-state index in [2.05, 4.69) is 84.9 Å². The first-order chi connectivity index (χ1) is 20.2. The molecule has 0 spiro atoms. The molecule has 3 unspecified atom stereocenters. The van der Waals surface area contributed by atoms with Crippen molar-refractivity contribution in [3.63, 3.8) is 0 Å². The number of hydrogen-bond donors (Lipinski definition) is 0. The molecular weight excluding hydrogens is 584 g/mol. The van der Waals surface area contributed by atoms with Crippen LogP contribution in [0.4, 0.5) is 0 Å². The van der Waals surface area contributed by atoms with E-state index < -0.39 is 0 Å². The second kappa shape index (κ2) is 12.4. The molecule has 3 aromatic carbocycles. The van der Waals surface area contributed by atoms with Gasteiger partial charge in [-0.25, -0.2) is 0 Å². The van der Waals surface area contributed by atoms with Gasteiger partial charge in [-0.2, -0.15) is 5.26 Å². The highest BCUT2D eigenvalue weighted by Gasteiger charge is 2.62. The second-order valence-corrected chi connectivity index (χ2v) is 13.3. The minimum absolute atomic E-state index is 0. The van der Waals surface area contributed by atoms with E-state index in [1.807, 2.05) is 0 Å². The number of rotatable bonds is 10. The quantitative estimate of drug-likeness (QED) is 0.307. The van der Waals surface area contributed by atoms with Crippen molar-refractivity contribution >= 4 is 0 Å². The van der Waals surface area contributed by atoms with Gasteiger partial charge in [-0.1, -0.05) is 86.0 Å². The number of nitrogens with zero attached hydrogens (tertiary/aromatic N) is 2. The van der Waals surface area contributed by atoms with Crippen LogP contribution in [0.5, 0.6) is 11.5 Å². The maximum atomic E-state index is 10.7. The molecule has 3 atom stereocenters. The minimum Gasteiger partial charge on any atom is -1.00 e. The lowest BCUT2D eigenvalue weighted by molar-refractivity contribution is -0.934. The summed E-state index contributed by atoms with van der Waals surface area (Å²) in [7, 11) is 0. The van der Waals surface area contributed by atoms with Crippen molar-refractivity contribution in [1.29, 1.82) is 5.26 Å². The number of nitriles is 1. The molecule has 2 aliphatic carbocycles. The summed E-state index contributed by atoms with van der Waals surface area (Å²) in [5, 5.41) is 10.7. The van der Waals surface area contributed by atoms with Gasteiger partial charge in [0.1, 0.15) is 6.54 Å². The number of benzene rings is 3. The SMILES string of the molecule is N#CC(CCC1C2C[N+](CCc3ccc4c(c3)OCO4)(Cc3ccccc3)CC12)(c1ccccc1)C1CCCCC1.[Br-]. The Labute approximate surface area is 262 Å². The molecule has 7 rings (SSSR count). The number of ether oxygens (including phenoxy) is 2. The van der Waals surface area contributed by atoms with E-state index in [-0.39, 0.29) is 22.4 Å². The molecule has 220 valence electrons. The van der Waals surface area contributed by atoms with Crippen molar-refractivity contribution in [3.05, 3.63) is 95.6 Å². The first kappa shape index (κ1) is 29.3. The molecule has 0 amide bonds. The summed E-state index contributed by atoms with van der Waals surface area (Å²) in [6.45, 7) is 5.13. The van der Waals surface area contributed by atoms with Gasteiger partial charge in [-0.3, -0.25) is 0 Å². The van der Waals surface area contributed by atoms with E-state index in [0.717, 1.165) is 55.2 Å². The lowest BCUT2D eigenvalue weighted by Crippen LogP contribution is -3.00. The Balaban J connectivity index is 0.00000316. The summed E-state index contributed by atoms with van der Waals surface area (Å²) in [4.78, 5) is 0. The first-order valence-corrected chi connectivity index (χ1v) is 15.9. The van der Waals surface area contributed by atoms with E-state index >= 15 is 0 Å². The Morgan fingerprint density at radius 1 is 0.810 bits per heavy atom. The van der Waals surface area contributed by atoms with Crippen LogP contribution in [-0.2, 0) is 18.4 Å². The number of fused-ring (bicyclic) bond motifs is 2. The molecule has 1 saturated heterocycles. The molecule has 0 radical (unpaired) electrons. The summed E-state index contributed by atoms with van der Waals surface area (Å²) in [5.74, 6) is 4.63. The van der Waals surface area contributed by atoms with Gasteiger partial charge in [0.05, 0.1) is 31.1 Å². The Kier molecular flexibility index (Phi) is 8.66. The fraction of sp³-hybridized carbons (Fsp3) is 0.486. The summed E-state index contributed by atoms with van der Waals surface area (Å²) >= 11 is 0. The average molecular weight is 628 g/mol. The number of likely N-dealkylation sites (tertiary alicyclic amines) is 1. The third-order valence-electron chi connectivity index (χ3n) is 11.0. The third-order valence-corrected chi connectivity index (χ3v) is 11.0. The molecule has 0 bridgehead atoms. The third kappa shape index (κ3) is 5.73. The highest BCUT2D eigenvalue weighted by atomic mass is 79.9. The molecular formula is C37H43BrN2O2. The Morgan fingerprint density at radius 3 is 2.21 bits per heavy atom. The van der Waals surface area contributed by atoms with Crippen LogP contribution in [0, 0.1) is 35.0 Å². The first-order valence-electron chi connectivity index (χ1n) is 15.9. The second-order valence-electron chi connectivity index (χ2n) is 13.3. The lowest BCUT2D eigenvalue weighted by Gasteiger charge is -2.39. The Bertz CT molecular complexity index is 1370. The number of hydrogen-bond acceptors (Lipinski definition) is 3. The van der Waals surface area contributed by atoms with Gasteiger partial charge in [0.25, 0.3) is 0 Å². The molecule has 2 saturated carbocycles. The van der Waals surface area contributed by atoms with Gasteiger partial charge in [-0.05, 0) is 60.8 Å². The van der Waals surface area contributed by atoms with Gasteiger partial charge in [0, 0.05) is 23.8 Å². The average Bonchev–Trinajstić information content (AvgIpc) is 3.32. The van der Waals surface area contributed by atoms with Crippen molar-refractivity contribution in [3.8, 4) is 17.6 Å². The number of piperidine rings is 1. The van der Waals surface area contributed by atoms with Crippen LogP contribution in [0.1, 0.15) is 61.6 Å². The van der Waals surface area contributed by atoms with Crippen LogP contribution in [0.2, 0.25) is 0 Å². The molecule has 4 nitrogen and oxygen atoms in total. The predicted molar refractivity (Wildman–Crippen MR) is 161 cm³/mol. The van der Waals surface area contributed by atoms with E-state index in [4.69, 9.17) is 9.47 Å². The topological polar surface area (TPSA) is 42.2 Å². The summed E-state index contributed by atoms with van der Waals surface area (Å²) in [5.41, 5.74) is 3.72. The zero-order valence-electron chi connectivity index (χ0n) is 24.6. The fourth-order valence-corrected chi connectivity index (χ4v) is 8.81. The maximum absolute atomic E-state index is 10.7. The van der Waals surface area contributed by atoms with Crippen LogP contribution in [-0.4, -0.2) is 30.9 Å². The number of halogens is 1. The van der Waals surface area contributed by atoms with Gasteiger partial charge >= 0.3 is 0 Å². The van der Waals surface area contributed by atoms with Crippen LogP contribution in [0.15, 0.2) is 78.9 Å². The lowest BCUT2D eigenvalue weighted by atomic mass is 9.63. The van der Waals surface area contributed by atoms with Gasteiger partial charge in [0.2, 0.25) is 6.79 Å². The fourth-order valence-electron chi connectivity index (χ4n) is 8.81. The minimum atomic E-state index is -0.325. The van der Waals surface area contributed by atoms with Crippen molar-refractivity contribution in [2.45, 2.75) is 63.3 Å². The molecule has 42 heavy (non-hydrogen) atoms. The van der Waals surface area contributed by atoms with Gasteiger partial charge < -0.3 is 30.9 Å². The highest BCUT2D eigenvalue weighted by molar-refractivity contribution is 5.44. The molecule has 0 aromatic heterocycles. The summed E-state index contributed by atoms with van der Waals surface area (Å²) in [6.07, 6.45) is 9.56. The monoisotopic (exact) mass is 626 g/mol. The van der Waals surface area contributed by atoms with Crippen LogP contribution in [0.3, 0.4) is 0 Å². The van der Waals surface area contributed by atoms with Crippen LogP contribution in [0.25, 0.3) is 0 Å². The molecule has 2 heterocycles. The predicted octanol–water partition coefficient (Wildman–Crippen LogP) is 4.68. The molecule has 3 fully saturated rings. The van der Waals surface area contributed by atoms with Gasteiger partial charge in [0.15, 0.2) is 11.5 Å². The van der Waals surface area contributed by atoms with Crippen molar-refractivity contribution < 1.29 is 30.9 Å².